The van der Waals surface area contributed by atoms with Crippen LogP contribution in [-0.4, -0.2) is 61.2 Å². The van der Waals surface area contributed by atoms with Crippen LogP contribution in [0.25, 0.3) is 16.7 Å². The zero-order chi connectivity index (χ0) is 23.7. The first-order chi connectivity index (χ1) is 16.5. The van der Waals surface area contributed by atoms with Crippen LogP contribution in [0, 0.1) is 13.8 Å². The molecule has 2 aromatic carbocycles. The Morgan fingerprint density at radius 2 is 1.68 bits per heavy atom. The van der Waals surface area contributed by atoms with Crippen molar-refractivity contribution in [3.8, 4) is 5.69 Å². The number of aromatic nitrogens is 4. The van der Waals surface area contributed by atoms with Gasteiger partial charge in [0, 0.05) is 32.7 Å². The van der Waals surface area contributed by atoms with E-state index in [4.69, 9.17) is 0 Å². The van der Waals surface area contributed by atoms with E-state index in [9.17, 15) is 9.59 Å². The van der Waals surface area contributed by atoms with Crippen molar-refractivity contribution >= 4 is 16.9 Å². The van der Waals surface area contributed by atoms with Crippen molar-refractivity contribution in [1.29, 1.82) is 0 Å². The molecule has 0 bridgehead atoms. The predicted octanol–water partition coefficient (Wildman–Crippen LogP) is 2.54. The van der Waals surface area contributed by atoms with Gasteiger partial charge in [-0.25, -0.2) is 9.67 Å². The lowest BCUT2D eigenvalue weighted by Crippen LogP contribution is -2.49. The molecule has 1 aliphatic heterocycles. The monoisotopic (exact) mass is 456 g/mol. The van der Waals surface area contributed by atoms with Gasteiger partial charge in [0.2, 0.25) is 5.91 Å². The first-order valence-electron chi connectivity index (χ1n) is 11.5. The van der Waals surface area contributed by atoms with Crippen LogP contribution >= 0.6 is 0 Å². The number of piperazine rings is 1. The number of rotatable bonds is 5. The van der Waals surface area contributed by atoms with Gasteiger partial charge in [-0.2, -0.15) is 5.10 Å². The predicted molar refractivity (Wildman–Crippen MR) is 131 cm³/mol. The van der Waals surface area contributed by atoms with Gasteiger partial charge in [0.05, 0.1) is 11.9 Å². The topological polar surface area (TPSA) is 76.3 Å². The molecule has 34 heavy (non-hydrogen) atoms. The summed E-state index contributed by atoms with van der Waals surface area (Å²) in [5.41, 5.74) is 4.60. The van der Waals surface area contributed by atoms with Gasteiger partial charge in [-0.3, -0.25) is 19.1 Å². The molecule has 4 aromatic rings. The maximum Gasteiger partial charge on any atom is 0.264 e. The zero-order valence-corrected chi connectivity index (χ0v) is 19.5. The van der Waals surface area contributed by atoms with Crippen LogP contribution in [0.15, 0.2) is 65.8 Å². The number of benzene rings is 2. The van der Waals surface area contributed by atoms with Crippen molar-refractivity contribution in [3.05, 3.63) is 88.1 Å². The Labute approximate surface area is 198 Å². The Balaban J connectivity index is 1.27. The van der Waals surface area contributed by atoms with Gasteiger partial charge in [-0.1, -0.05) is 36.4 Å². The quantitative estimate of drug-likeness (QED) is 0.461. The van der Waals surface area contributed by atoms with Crippen molar-refractivity contribution in [2.45, 2.75) is 26.9 Å². The van der Waals surface area contributed by atoms with Crippen LogP contribution in [0.5, 0.6) is 0 Å². The number of hydrogen-bond acceptors (Lipinski definition) is 5. The minimum Gasteiger partial charge on any atom is -0.339 e. The molecule has 0 unspecified atom stereocenters. The number of aryl methyl sites for hydroxylation is 2. The Morgan fingerprint density at radius 1 is 0.971 bits per heavy atom. The molecule has 0 spiro atoms. The molecule has 0 saturated carbocycles. The second-order valence-electron chi connectivity index (χ2n) is 8.96. The molecule has 2 aromatic heterocycles. The van der Waals surface area contributed by atoms with Crippen LogP contribution in [0.2, 0.25) is 0 Å². The molecular formula is C26H28N6O2. The molecule has 3 heterocycles. The van der Waals surface area contributed by atoms with Crippen LogP contribution in [0.4, 0.5) is 0 Å². The molecule has 5 rings (SSSR count). The van der Waals surface area contributed by atoms with E-state index >= 15 is 0 Å². The molecule has 0 aliphatic carbocycles. The van der Waals surface area contributed by atoms with E-state index in [0.29, 0.717) is 24.1 Å². The molecule has 0 radical (unpaired) electrons. The average Bonchev–Trinajstić information content (AvgIpc) is 3.26. The smallest absolute Gasteiger partial charge is 0.264 e. The van der Waals surface area contributed by atoms with Gasteiger partial charge >= 0.3 is 0 Å². The van der Waals surface area contributed by atoms with E-state index in [1.54, 1.807) is 4.68 Å². The molecule has 0 atom stereocenters. The molecule has 1 saturated heterocycles. The number of nitrogens with zero attached hydrogens (tertiary/aromatic N) is 6. The fourth-order valence-corrected chi connectivity index (χ4v) is 4.57. The molecule has 1 amide bonds. The number of carbonyl (C=O) groups is 1. The van der Waals surface area contributed by atoms with E-state index in [1.807, 2.05) is 49.1 Å². The van der Waals surface area contributed by atoms with Crippen molar-refractivity contribution in [2.24, 2.45) is 0 Å². The highest BCUT2D eigenvalue weighted by Gasteiger charge is 2.22. The number of hydrogen-bond donors (Lipinski definition) is 0. The van der Waals surface area contributed by atoms with Crippen molar-refractivity contribution < 1.29 is 4.79 Å². The summed E-state index contributed by atoms with van der Waals surface area (Å²) in [5.74, 6) is -0.0655. The fraction of sp³-hybridized carbons (Fsp3) is 0.308. The van der Waals surface area contributed by atoms with E-state index in [-0.39, 0.29) is 18.0 Å². The van der Waals surface area contributed by atoms with Gasteiger partial charge in [0.15, 0.2) is 5.65 Å². The van der Waals surface area contributed by atoms with Crippen molar-refractivity contribution in [3.63, 3.8) is 0 Å². The molecular weight excluding hydrogens is 428 g/mol. The van der Waals surface area contributed by atoms with Gasteiger partial charge in [0.25, 0.3) is 5.56 Å². The number of carbonyl (C=O) groups excluding carboxylic acids is 1. The van der Waals surface area contributed by atoms with Crippen LogP contribution < -0.4 is 5.56 Å². The zero-order valence-electron chi connectivity index (χ0n) is 19.5. The summed E-state index contributed by atoms with van der Waals surface area (Å²) in [5, 5.41) is 4.81. The summed E-state index contributed by atoms with van der Waals surface area (Å²) in [6.07, 6.45) is 2.99. The third-order valence-electron chi connectivity index (χ3n) is 6.29. The van der Waals surface area contributed by atoms with E-state index < -0.39 is 0 Å². The van der Waals surface area contributed by atoms with Gasteiger partial charge in [0.1, 0.15) is 18.3 Å². The maximum atomic E-state index is 13.1. The van der Waals surface area contributed by atoms with E-state index in [0.717, 1.165) is 36.4 Å². The molecule has 8 heteroatoms. The number of amides is 1. The third-order valence-corrected chi connectivity index (χ3v) is 6.29. The van der Waals surface area contributed by atoms with Gasteiger partial charge in [-0.15, -0.1) is 0 Å². The molecule has 174 valence electrons. The summed E-state index contributed by atoms with van der Waals surface area (Å²) in [6, 6.07) is 16.4. The van der Waals surface area contributed by atoms with E-state index in [1.165, 1.54) is 22.7 Å². The van der Waals surface area contributed by atoms with Crippen LogP contribution in [0.1, 0.15) is 16.7 Å². The Kier molecular flexibility index (Phi) is 5.98. The highest BCUT2D eigenvalue weighted by atomic mass is 16.2. The highest BCUT2D eigenvalue weighted by Crippen LogP contribution is 2.17. The highest BCUT2D eigenvalue weighted by molar-refractivity contribution is 5.78. The fourth-order valence-electron chi connectivity index (χ4n) is 4.57. The minimum absolute atomic E-state index is 0.0187. The normalized spacial score (nSPS) is 14.6. The van der Waals surface area contributed by atoms with Gasteiger partial charge < -0.3 is 4.90 Å². The second-order valence-corrected chi connectivity index (χ2v) is 8.96. The summed E-state index contributed by atoms with van der Waals surface area (Å²) < 4.78 is 3.06. The average molecular weight is 457 g/mol. The Hall–Kier alpha value is -3.78. The van der Waals surface area contributed by atoms with Crippen LogP contribution in [-0.2, 0) is 17.9 Å². The summed E-state index contributed by atoms with van der Waals surface area (Å²) >= 11 is 0. The summed E-state index contributed by atoms with van der Waals surface area (Å²) in [4.78, 5) is 34.6. The number of fused-ring (bicyclic) bond motifs is 1. The van der Waals surface area contributed by atoms with Gasteiger partial charge in [-0.05, 0) is 42.7 Å². The van der Waals surface area contributed by atoms with Crippen molar-refractivity contribution in [2.75, 3.05) is 26.2 Å². The molecule has 1 fully saturated rings. The van der Waals surface area contributed by atoms with Crippen molar-refractivity contribution in [1.82, 2.24) is 29.1 Å². The summed E-state index contributed by atoms with van der Waals surface area (Å²) in [7, 11) is 0. The van der Waals surface area contributed by atoms with Crippen LogP contribution in [0.3, 0.4) is 0 Å². The van der Waals surface area contributed by atoms with E-state index in [2.05, 4.69) is 33.2 Å². The lowest BCUT2D eigenvalue weighted by Gasteiger charge is -2.34. The Morgan fingerprint density at radius 3 is 2.38 bits per heavy atom. The third kappa shape index (κ3) is 4.49. The molecule has 0 N–H and O–H groups in total. The minimum atomic E-state index is -0.253. The standard InChI is InChI=1S/C26H28N6O2/c1-19-12-20(2)14-22(13-19)32-25-23(15-28-32)26(34)31(18-27-25)17-24(33)30-10-8-29(9-11-30)16-21-6-4-3-5-7-21/h3-7,12-15,18H,8-11,16-17H2,1-2H3. The molecule has 8 nitrogen and oxygen atoms in total. The second kappa shape index (κ2) is 9.23. The Bertz CT molecular complexity index is 1360. The lowest BCUT2D eigenvalue weighted by atomic mass is 10.1. The summed E-state index contributed by atoms with van der Waals surface area (Å²) in [6.45, 7) is 7.85. The lowest BCUT2D eigenvalue weighted by molar-refractivity contribution is -0.133. The maximum absolute atomic E-state index is 13.1. The molecule has 1 aliphatic rings. The SMILES string of the molecule is Cc1cc(C)cc(-n2ncc3c(=O)n(CC(=O)N4CCN(Cc5ccccc5)CC4)cnc32)c1. The first-order valence-corrected chi connectivity index (χ1v) is 11.5. The first kappa shape index (κ1) is 22.0. The largest absolute Gasteiger partial charge is 0.339 e.